The van der Waals surface area contributed by atoms with Crippen molar-refractivity contribution in [1.29, 1.82) is 0 Å². The van der Waals surface area contributed by atoms with Crippen LogP contribution in [0.15, 0.2) is 0 Å². The Morgan fingerprint density at radius 2 is 2.05 bits per heavy atom. The van der Waals surface area contributed by atoms with Crippen LogP contribution in [0.5, 0.6) is 0 Å². The van der Waals surface area contributed by atoms with Crippen molar-refractivity contribution in [3.63, 3.8) is 0 Å². The van der Waals surface area contributed by atoms with Crippen molar-refractivity contribution in [1.82, 2.24) is 10.6 Å². The molecule has 0 aromatic rings. The maximum atomic E-state index is 6.38. The lowest BCUT2D eigenvalue weighted by molar-refractivity contribution is 0.196. The molecule has 5 atom stereocenters. The molecular weight excluding hydrogens is 279 g/mol. The molecule has 0 aromatic carbocycles. The molecule has 2 rings (SSSR count). The molecular formula is C15H28Cl2N2. The molecule has 112 valence electrons. The van der Waals surface area contributed by atoms with E-state index in [0.717, 1.165) is 37.1 Å². The second kappa shape index (κ2) is 8.07. The van der Waals surface area contributed by atoms with Gasteiger partial charge < -0.3 is 10.6 Å². The molecule has 2 N–H and O–H groups in total. The van der Waals surface area contributed by atoms with Gasteiger partial charge in [-0.25, -0.2) is 0 Å². The van der Waals surface area contributed by atoms with Crippen LogP contribution in [0.2, 0.25) is 0 Å². The summed E-state index contributed by atoms with van der Waals surface area (Å²) in [5.74, 6) is 2.38. The van der Waals surface area contributed by atoms with E-state index in [9.17, 15) is 0 Å². The summed E-state index contributed by atoms with van der Waals surface area (Å²) < 4.78 is 0. The number of halogens is 2. The van der Waals surface area contributed by atoms with E-state index in [0.29, 0.717) is 0 Å². The quantitative estimate of drug-likeness (QED) is 0.762. The molecule has 2 aliphatic rings. The number of hydrogen-bond acceptors (Lipinski definition) is 2. The summed E-state index contributed by atoms with van der Waals surface area (Å²) in [4.78, 5) is 0. The highest BCUT2D eigenvalue weighted by atomic mass is 35.5. The average molecular weight is 307 g/mol. The largest absolute Gasteiger partial charge is 0.319 e. The predicted molar refractivity (Wildman–Crippen MR) is 84.3 cm³/mol. The molecule has 4 unspecified atom stereocenters. The summed E-state index contributed by atoms with van der Waals surface area (Å²) in [6, 6.07) is 0. The van der Waals surface area contributed by atoms with Crippen LogP contribution in [-0.2, 0) is 0 Å². The lowest BCUT2D eigenvalue weighted by Crippen LogP contribution is -2.37. The van der Waals surface area contributed by atoms with E-state index in [4.69, 9.17) is 23.2 Å². The van der Waals surface area contributed by atoms with E-state index in [1.807, 2.05) is 0 Å². The molecule has 1 saturated heterocycles. The monoisotopic (exact) mass is 306 g/mol. The van der Waals surface area contributed by atoms with Crippen molar-refractivity contribution in [2.75, 3.05) is 26.7 Å². The molecule has 0 radical (unpaired) electrons. The van der Waals surface area contributed by atoms with Gasteiger partial charge in [0.15, 0.2) is 0 Å². The molecule has 0 aromatic heterocycles. The topological polar surface area (TPSA) is 24.1 Å². The van der Waals surface area contributed by atoms with Crippen molar-refractivity contribution in [2.45, 2.75) is 49.3 Å². The highest BCUT2D eigenvalue weighted by Gasteiger charge is 2.33. The van der Waals surface area contributed by atoms with Gasteiger partial charge in [-0.2, -0.15) is 0 Å². The Hall–Kier alpha value is 0.500. The fraction of sp³-hybridized carbons (Fsp3) is 1.00. The molecule has 1 saturated carbocycles. The highest BCUT2D eigenvalue weighted by Crippen LogP contribution is 2.38. The van der Waals surface area contributed by atoms with Crippen LogP contribution >= 0.6 is 23.2 Å². The predicted octanol–water partition coefficient (Wildman–Crippen LogP) is 3.23. The van der Waals surface area contributed by atoms with Crippen molar-refractivity contribution in [3.8, 4) is 0 Å². The number of nitrogens with one attached hydrogen (secondary N) is 2. The molecule has 2 fully saturated rings. The maximum Gasteiger partial charge on any atom is 0.0502 e. The third kappa shape index (κ3) is 4.77. The summed E-state index contributed by atoms with van der Waals surface area (Å²) in [6.45, 7) is 3.53. The van der Waals surface area contributed by atoms with Gasteiger partial charge in [0.25, 0.3) is 0 Å². The number of piperidine rings is 1. The Bertz CT molecular complexity index is 257. The van der Waals surface area contributed by atoms with Gasteiger partial charge >= 0.3 is 0 Å². The molecule has 1 heterocycles. The maximum absolute atomic E-state index is 6.38. The molecule has 4 heteroatoms. The van der Waals surface area contributed by atoms with E-state index < -0.39 is 0 Å². The Morgan fingerprint density at radius 1 is 1.21 bits per heavy atom. The molecule has 1 aliphatic heterocycles. The van der Waals surface area contributed by atoms with Gasteiger partial charge in [-0.05, 0) is 83.0 Å². The fourth-order valence-electron chi connectivity index (χ4n) is 3.79. The first kappa shape index (κ1) is 15.9. The number of hydrogen-bond donors (Lipinski definition) is 2. The van der Waals surface area contributed by atoms with Gasteiger partial charge in [-0.1, -0.05) is 0 Å². The van der Waals surface area contributed by atoms with E-state index >= 15 is 0 Å². The summed E-state index contributed by atoms with van der Waals surface area (Å²) in [5, 5.41) is 7.27. The Kier molecular flexibility index (Phi) is 6.74. The van der Waals surface area contributed by atoms with Crippen LogP contribution in [-0.4, -0.2) is 37.4 Å². The van der Waals surface area contributed by atoms with Crippen LogP contribution in [0.3, 0.4) is 0 Å². The van der Waals surface area contributed by atoms with E-state index in [2.05, 4.69) is 17.7 Å². The Balaban J connectivity index is 1.87. The smallest absolute Gasteiger partial charge is 0.0502 e. The fourth-order valence-corrected chi connectivity index (χ4v) is 4.38. The minimum atomic E-state index is 0.171. The summed E-state index contributed by atoms with van der Waals surface area (Å²) in [6.07, 6.45) is 7.51. The summed E-state index contributed by atoms with van der Waals surface area (Å²) >= 11 is 12.6. The minimum Gasteiger partial charge on any atom is -0.319 e. The van der Waals surface area contributed by atoms with Gasteiger partial charge in [-0.15, -0.1) is 23.2 Å². The molecule has 1 aliphatic carbocycles. The van der Waals surface area contributed by atoms with Crippen LogP contribution in [0.25, 0.3) is 0 Å². The number of rotatable bonds is 5. The molecule has 0 amide bonds. The van der Waals surface area contributed by atoms with Gasteiger partial charge in [0.05, 0.1) is 5.38 Å². The van der Waals surface area contributed by atoms with Crippen molar-refractivity contribution >= 4 is 23.2 Å². The summed E-state index contributed by atoms with van der Waals surface area (Å²) in [7, 11) is 2.07. The first-order chi connectivity index (χ1) is 9.20. The zero-order chi connectivity index (χ0) is 13.7. The summed E-state index contributed by atoms with van der Waals surface area (Å²) in [5.41, 5.74) is 0. The van der Waals surface area contributed by atoms with Gasteiger partial charge in [-0.3, -0.25) is 0 Å². The van der Waals surface area contributed by atoms with Crippen molar-refractivity contribution in [3.05, 3.63) is 0 Å². The third-order valence-corrected chi connectivity index (χ3v) is 6.04. The molecule has 0 spiro atoms. The normalized spacial score (nSPS) is 38.1. The zero-order valence-electron chi connectivity index (χ0n) is 12.0. The number of alkyl halides is 2. The SMILES string of the molecule is CNC[C@@H](CC1CCCNC1)C1CCC(Cl)C(Cl)C1. The van der Waals surface area contributed by atoms with Gasteiger partial charge in [0.1, 0.15) is 0 Å². The third-order valence-electron chi connectivity index (χ3n) is 4.90. The van der Waals surface area contributed by atoms with Crippen LogP contribution in [0, 0.1) is 17.8 Å². The molecule has 19 heavy (non-hydrogen) atoms. The lowest BCUT2D eigenvalue weighted by atomic mass is 9.75. The first-order valence-corrected chi connectivity index (χ1v) is 8.71. The second-order valence-electron chi connectivity index (χ2n) is 6.37. The van der Waals surface area contributed by atoms with Crippen molar-refractivity contribution < 1.29 is 0 Å². The van der Waals surface area contributed by atoms with Crippen LogP contribution < -0.4 is 10.6 Å². The van der Waals surface area contributed by atoms with E-state index in [1.165, 1.54) is 38.8 Å². The zero-order valence-corrected chi connectivity index (χ0v) is 13.5. The van der Waals surface area contributed by atoms with E-state index in [1.54, 1.807) is 0 Å². The van der Waals surface area contributed by atoms with Gasteiger partial charge in [0.2, 0.25) is 0 Å². The average Bonchev–Trinajstić information content (AvgIpc) is 2.43. The van der Waals surface area contributed by atoms with Crippen molar-refractivity contribution in [2.24, 2.45) is 17.8 Å². The minimum absolute atomic E-state index is 0.171. The molecule has 0 bridgehead atoms. The molecule has 2 nitrogen and oxygen atoms in total. The van der Waals surface area contributed by atoms with E-state index in [-0.39, 0.29) is 10.8 Å². The van der Waals surface area contributed by atoms with Crippen LogP contribution in [0.1, 0.15) is 38.5 Å². The van der Waals surface area contributed by atoms with Gasteiger partial charge in [0, 0.05) is 5.38 Å². The second-order valence-corrected chi connectivity index (χ2v) is 7.49. The standard InChI is InChI=1S/C15H28Cl2N2/c1-18-10-13(7-11-3-2-6-19-9-11)12-4-5-14(16)15(17)8-12/h11-15,18-19H,2-10H2,1H3/t11?,12?,13-,14?,15?/m1/s1. The van der Waals surface area contributed by atoms with Crippen LogP contribution in [0.4, 0.5) is 0 Å². The Labute approximate surface area is 128 Å². The Morgan fingerprint density at radius 3 is 2.68 bits per heavy atom. The highest BCUT2D eigenvalue weighted by molar-refractivity contribution is 6.30. The lowest BCUT2D eigenvalue weighted by Gasteiger charge is -2.37. The first-order valence-electron chi connectivity index (χ1n) is 7.84.